The Morgan fingerprint density at radius 3 is 2.49 bits per heavy atom. The molecule has 2 aromatic heterocycles. The Morgan fingerprint density at radius 2 is 1.85 bits per heavy atom. The standard InChI is InChI=1S/C28H23F5N6/c1-16(34)39-21-8-7-20(30)25(33)24(21)26(37-27(39)35)38(15-23(31)32)19-13-17(12-18(29)14-19)9-10-28(2,3)22-6-4-5-11-36-22/h4-8,11-14,23,34-35H,15H2,1-3H3. The number of anilines is 2. The van der Waals surface area contributed by atoms with Gasteiger partial charge >= 0.3 is 0 Å². The fourth-order valence-corrected chi connectivity index (χ4v) is 4.07. The summed E-state index contributed by atoms with van der Waals surface area (Å²) in [6.45, 7) is 3.88. The van der Waals surface area contributed by atoms with E-state index in [4.69, 9.17) is 10.8 Å². The van der Waals surface area contributed by atoms with Gasteiger partial charge in [0.25, 0.3) is 6.43 Å². The number of hydrogen-bond acceptors (Lipinski definition) is 5. The fraction of sp³-hybridized carbons (Fsp3) is 0.214. The molecule has 0 fully saturated rings. The number of fused-ring (bicyclic) bond motifs is 1. The first-order valence-electron chi connectivity index (χ1n) is 11.7. The molecule has 200 valence electrons. The van der Waals surface area contributed by atoms with E-state index in [0.717, 1.165) is 33.7 Å². The van der Waals surface area contributed by atoms with E-state index in [2.05, 4.69) is 21.8 Å². The Bertz CT molecular complexity index is 1690. The lowest BCUT2D eigenvalue weighted by molar-refractivity contribution is 0.157. The van der Waals surface area contributed by atoms with E-state index in [9.17, 15) is 17.6 Å². The molecular weight excluding hydrogens is 515 g/mol. The molecule has 4 rings (SSSR count). The van der Waals surface area contributed by atoms with Gasteiger partial charge < -0.3 is 4.90 Å². The molecule has 0 radical (unpaired) electrons. The van der Waals surface area contributed by atoms with Crippen molar-refractivity contribution in [2.75, 3.05) is 11.4 Å². The Balaban J connectivity index is 1.93. The van der Waals surface area contributed by atoms with Crippen LogP contribution in [0.15, 0.2) is 54.7 Å². The smallest absolute Gasteiger partial charge is 0.256 e. The minimum absolute atomic E-state index is 0.135. The average Bonchev–Trinajstić information content (AvgIpc) is 2.87. The predicted molar refractivity (Wildman–Crippen MR) is 138 cm³/mol. The van der Waals surface area contributed by atoms with Crippen molar-refractivity contribution < 1.29 is 22.0 Å². The number of nitrogens with one attached hydrogen (secondary N) is 2. The van der Waals surface area contributed by atoms with Gasteiger partial charge in [0.05, 0.1) is 28.6 Å². The molecule has 11 heteroatoms. The van der Waals surface area contributed by atoms with E-state index >= 15 is 4.39 Å². The number of rotatable bonds is 5. The summed E-state index contributed by atoms with van der Waals surface area (Å²) in [5.41, 5.74) is -0.795. The van der Waals surface area contributed by atoms with Crippen LogP contribution >= 0.6 is 0 Å². The second-order valence-electron chi connectivity index (χ2n) is 9.23. The van der Waals surface area contributed by atoms with Gasteiger partial charge in [0.2, 0.25) is 5.62 Å². The van der Waals surface area contributed by atoms with Crippen molar-refractivity contribution in [2.45, 2.75) is 32.6 Å². The molecule has 0 aliphatic rings. The SMILES string of the molecule is CC(=N)n1c(=N)nc(N(CC(F)F)c2cc(F)cc(C#CC(C)(C)c3ccccn3)c2)c2c(F)c(F)ccc21. The summed E-state index contributed by atoms with van der Waals surface area (Å²) in [4.78, 5) is 9.05. The number of halogens is 5. The molecule has 0 atom stereocenters. The topological polar surface area (TPSA) is 81.7 Å². The zero-order valence-electron chi connectivity index (χ0n) is 21.2. The second kappa shape index (κ2) is 10.6. The molecule has 2 heterocycles. The van der Waals surface area contributed by atoms with Crippen molar-refractivity contribution >= 4 is 28.2 Å². The van der Waals surface area contributed by atoms with E-state index in [0.29, 0.717) is 5.69 Å². The molecule has 0 amide bonds. The number of alkyl halides is 2. The van der Waals surface area contributed by atoms with Gasteiger partial charge in [0.15, 0.2) is 11.6 Å². The molecule has 2 aromatic carbocycles. The number of nitrogens with zero attached hydrogens (tertiary/aromatic N) is 4. The minimum atomic E-state index is -3.00. The Kier molecular flexibility index (Phi) is 7.49. The maximum Gasteiger partial charge on any atom is 0.256 e. The van der Waals surface area contributed by atoms with E-state index in [1.165, 1.54) is 13.0 Å². The normalized spacial score (nSPS) is 11.4. The van der Waals surface area contributed by atoms with Gasteiger partial charge in [-0.3, -0.25) is 20.4 Å². The van der Waals surface area contributed by atoms with Crippen LogP contribution in [0.5, 0.6) is 0 Å². The van der Waals surface area contributed by atoms with Crippen molar-refractivity contribution in [1.82, 2.24) is 14.5 Å². The van der Waals surface area contributed by atoms with Gasteiger partial charge in [-0.2, -0.15) is 4.98 Å². The monoisotopic (exact) mass is 538 g/mol. The van der Waals surface area contributed by atoms with Crippen molar-refractivity contribution in [3.8, 4) is 11.8 Å². The van der Waals surface area contributed by atoms with Crippen LogP contribution in [0, 0.1) is 40.1 Å². The molecule has 0 unspecified atom stereocenters. The van der Waals surface area contributed by atoms with Crippen LogP contribution in [0.2, 0.25) is 0 Å². The zero-order valence-corrected chi connectivity index (χ0v) is 21.2. The summed E-state index contributed by atoms with van der Waals surface area (Å²) in [5, 5.41) is 15.7. The Hall–Kier alpha value is -4.59. The van der Waals surface area contributed by atoms with Gasteiger partial charge in [-0.05, 0) is 63.2 Å². The minimum Gasteiger partial charge on any atom is -0.320 e. The van der Waals surface area contributed by atoms with Crippen molar-refractivity contribution in [1.29, 1.82) is 10.8 Å². The lowest BCUT2D eigenvalue weighted by Gasteiger charge is -2.26. The van der Waals surface area contributed by atoms with Crippen molar-refractivity contribution in [3.63, 3.8) is 0 Å². The fourth-order valence-electron chi connectivity index (χ4n) is 4.07. The van der Waals surface area contributed by atoms with E-state index in [1.807, 2.05) is 13.8 Å². The maximum absolute atomic E-state index is 15.1. The molecule has 0 bridgehead atoms. The number of benzene rings is 2. The van der Waals surface area contributed by atoms with Gasteiger partial charge in [0.1, 0.15) is 17.5 Å². The Morgan fingerprint density at radius 1 is 1.10 bits per heavy atom. The number of aromatic nitrogens is 3. The Labute approximate surface area is 220 Å². The van der Waals surface area contributed by atoms with Crippen LogP contribution in [0.1, 0.15) is 32.0 Å². The molecule has 4 aromatic rings. The zero-order chi connectivity index (χ0) is 28.5. The highest BCUT2D eigenvalue weighted by Crippen LogP contribution is 2.34. The van der Waals surface area contributed by atoms with Crippen molar-refractivity contribution in [3.05, 3.63) is 89.1 Å². The predicted octanol–water partition coefficient (Wildman–Crippen LogP) is 5.91. The van der Waals surface area contributed by atoms with Gasteiger partial charge in [-0.1, -0.05) is 17.9 Å². The molecule has 39 heavy (non-hydrogen) atoms. The molecule has 0 saturated carbocycles. The number of pyridine rings is 1. The lowest BCUT2D eigenvalue weighted by Crippen LogP contribution is -2.33. The van der Waals surface area contributed by atoms with E-state index in [1.54, 1.807) is 24.4 Å². The summed E-state index contributed by atoms with van der Waals surface area (Å²) in [6.07, 6.45) is -1.38. The van der Waals surface area contributed by atoms with E-state index in [-0.39, 0.29) is 22.6 Å². The number of hydrogen-bond donors (Lipinski definition) is 2. The van der Waals surface area contributed by atoms with Crippen LogP contribution in [0.25, 0.3) is 10.9 Å². The van der Waals surface area contributed by atoms with Crippen LogP contribution in [0.4, 0.5) is 33.5 Å². The summed E-state index contributed by atoms with van der Waals surface area (Å²) in [6, 6.07) is 10.7. The van der Waals surface area contributed by atoms with Crippen LogP contribution < -0.4 is 10.5 Å². The second-order valence-corrected chi connectivity index (χ2v) is 9.23. The highest BCUT2D eigenvalue weighted by Gasteiger charge is 2.25. The quantitative estimate of drug-likeness (QED) is 0.144. The third-order valence-electron chi connectivity index (χ3n) is 5.89. The van der Waals surface area contributed by atoms with Crippen LogP contribution in [-0.4, -0.2) is 33.3 Å². The maximum atomic E-state index is 15.1. The molecule has 0 aliphatic heterocycles. The first-order valence-corrected chi connectivity index (χ1v) is 11.7. The highest BCUT2D eigenvalue weighted by atomic mass is 19.3. The largest absolute Gasteiger partial charge is 0.320 e. The van der Waals surface area contributed by atoms with Gasteiger partial charge in [-0.25, -0.2) is 22.0 Å². The van der Waals surface area contributed by atoms with E-state index < -0.39 is 52.7 Å². The third-order valence-corrected chi connectivity index (χ3v) is 5.89. The molecule has 0 aliphatic carbocycles. The van der Waals surface area contributed by atoms with Gasteiger partial charge in [-0.15, -0.1) is 0 Å². The molecular formula is C28H23F5N6. The van der Waals surface area contributed by atoms with Crippen LogP contribution in [-0.2, 0) is 5.41 Å². The summed E-state index contributed by atoms with van der Waals surface area (Å²) < 4.78 is 72.7. The molecule has 6 nitrogen and oxygen atoms in total. The highest BCUT2D eigenvalue weighted by molar-refractivity contribution is 5.97. The average molecular weight is 539 g/mol. The first kappa shape index (κ1) is 27.4. The molecule has 0 spiro atoms. The summed E-state index contributed by atoms with van der Waals surface area (Å²) >= 11 is 0. The van der Waals surface area contributed by atoms with Crippen molar-refractivity contribution in [2.24, 2.45) is 0 Å². The lowest BCUT2D eigenvalue weighted by atomic mass is 9.89. The molecule has 0 saturated heterocycles. The van der Waals surface area contributed by atoms with Gasteiger partial charge in [0, 0.05) is 17.4 Å². The summed E-state index contributed by atoms with van der Waals surface area (Å²) in [5.74, 6) is 1.61. The summed E-state index contributed by atoms with van der Waals surface area (Å²) in [7, 11) is 0. The van der Waals surface area contributed by atoms with Crippen LogP contribution in [0.3, 0.4) is 0 Å². The first-order chi connectivity index (χ1) is 18.4. The molecule has 2 N–H and O–H groups in total. The third kappa shape index (κ3) is 5.65.